The number of nitrogens with zero attached hydrogens (tertiary/aromatic N) is 3. The van der Waals surface area contributed by atoms with Gasteiger partial charge in [-0.15, -0.1) is 0 Å². The van der Waals surface area contributed by atoms with Crippen LogP contribution in [0.4, 0.5) is 15.9 Å². The van der Waals surface area contributed by atoms with Crippen LogP contribution in [0.2, 0.25) is 0 Å². The second-order valence-electron chi connectivity index (χ2n) is 5.47. The fourth-order valence-electron chi connectivity index (χ4n) is 2.76. The van der Waals surface area contributed by atoms with E-state index in [4.69, 9.17) is 5.26 Å². The molecule has 5 heteroatoms. The molecular weight excluding hydrogens is 279 g/mol. The molecule has 1 aliphatic heterocycles. The highest BCUT2D eigenvalue weighted by molar-refractivity contribution is 5.51. The Balaban J connectivity index is 1.57. The molecule has 1 fully saturated rings. The largest absolute Gasteiger partial charge is 0.371 e. The minimum Gasteiger partial charge on any atom is -0.371 e. The molecule has 0 radical (unpaired) electrons. The lowest BCUT2D eigenvalue weighted by Gasteiger charge is -2.19. The number of nitriles is 1. The van der Waals surface area contributed by atoms with Crippen molar-refractivity contribution in [1.82, 2.24) is 4.98 Å². The summed E-state index contributed by atoms with van der Waals surface area (Å²) in [5, 5.41) is 12.3. The van der Waals surface area contributed by atoms with Crippen molar-refractivity contribution in [3.8, 4) is 6.07 Å². The Morgan fingerprint density at radius 2 is 2.14 bits per heavy atom. The van der Waals surface area contributed by atoms with E-state index in [1.165, 1.54) is 12.1 Å². The summed E-state index contributed by atoms with van der Waals surface area (Å²) in [5.41, 5.74) is 1.62. The molecule has 0 amide bonds. The van der Waals surface area contributed by atoms with Gasteiger partial charge in [0.25, 0.3) is 0 Å². The third-order valence-corrected chi connectivity index (χ3v) is 3.96. The number of pyridine rings is 1. The van der Waals surface area contributed by atoms with E-state index in [1.807, 2.05) is 12.1 Å². The molecule has 0 saturated carbocycles. The summed E-state index contributed by atoms with van der Waals surface area (Å²) < 4.78 is 13.0. The van der Waals surface area contributed by atoms with E-state index in [0.29, 0.717) is 17.3 Å². The Kier molecular flexibility index (Phi) is 4.19. The summed E-state index contributed by atoms with van der Waals surface area (Å²) in [4.78, 5) is 6.47. The SMILES string of the molecule is N#Cc1cccnc1NC[C@@H]1CCN(c2ccc(F)cc2)C1. The average molecular weight is 296 g/mol. The van der Waals surface area contributed by atoms with Gasteiger partial charge in [0.05, 0.1) is 5.56 Å². The van der Waals surface area contributed by atoms with E-state index in [-0.39, 0.29) is 5.82 Å². The fraction of sp³-hybridized carbons (Fsp3) is 0.294. The molecule has 2 aromatic rings. The van der Waals surface area contributed by atoms with Crippen molar-refractivity contribution >= 4 is 11.5 Å². The summed E-state index contributed by atoms with van der Waals surface area (Å²) in [6.07, 6.45) is 2.75. The molecule has 1 atom stereocenters. The van der Waals surface area contributed by atoms with Crippen LogP contribution >= 0.6 is 0 Å². The Morgan fingerprint density at radius 1 is 1.32 bits per heavy atom. The molecule has 1 saturated heterocycles. The number of nitrogens with one attached hydrogen (secondary N) is 1. The molecule has 22 heavy (non-hydrogen) atoms. The predicted molar refractivity (Wildman–Crippen MR) is 84.2 cm³/mol. The first-order chi connectivity index (χ1) is 10.8. The third-order valence-electron chi connectivity index (χ3n) is 3.96. The second kappa shape index (κ2) is 6.44. The zero-order valence-corrected chi connectivity index (χ0v) is 12.2. The number of hydrogen-bond donors (Lipinski definition) is 1. The lowest BCUT2D eigenvalue weighted by molar-refractivity contribution is 0.620. The van der Waals surface area contributed by atoms with E-state index in [1.54, 1.807) is 18.3 Å². The lowest BCUT2D eigenvalue weighted by Crippen LogP contribution is -2.22. The van der Waals surface area contributed by atoms with Gasteiger partial charge in [-0.05, 0) is 48.7 Å². The van der Waals surface area contributed by atoms with Gasteiger partial charge in [0.1, 0.15) is 17.7 Å². The Bertz CT molecular complexity index is 678. The Morgan fingerprint density at radius 3 is 2.91 bits per heavy atom. The van der Waals surface area contributed by atoms with Crippen molar-refractivity contribution < 1.29 is 4.39 Å². The summed E-state index contributed by atoms with van der Waals surface area (Å²) >= 11 is 0. The van der Waals surface area contributed by atoms with Crippen LogP contribution < -0.4 is 10.2 Å². The number of rotatable bonds is 4. The van der Waals surface area contributed by atoms with E-state index >= 15 is 0 Å². The van der Waals surface area contributed by atoms with Crippen molar-refractivity contribution in [2.75, 3.05) is 29.9 Å². The van der Waals surface area contributed by atoms with Crippen LogP contribution in [-0.2, 0) is 0 Å². The molecule has 0 unspecified atom stereocenters. The normalized spacial score (nSPS) is 17.3. The van der Waals surface area contributed by atoms with Gasteiger partial charge in [0.15, 0.2) is 0 Å². The van der Waals surface area contributed by atoms with Gasteiger partial charge < -0.3 is 10.2 Å². The van der Waals surface area contributed by atoms with E-state index in [0.717, 1.165) is 31.7 Å². The first-order valence-electron chi connectivity index (χ1n) is 7.36. The summed E-state index contributed by atoms with van der Waals surface area (Å²) in [7, 11) is 0. The minimum atomic E-state index is -0.208. The maximum atomic E-state index is 13.0. The van der Waals surface area contributed by atoms with Crippen molar-refractivity contribution in [3.63, 3.8) is 0 Å². The van der Waals surface area contributed by atoms with Crippen molar-refractivity contribution in [3.05, 3.63) is 54.0 Å². The van der Waals surface area contributed by atoms with Gasteiger partial charge in [0, 0.05) is 31.5 Å². The van der Waals surface area contributed by atoms with Gasteiger partial charge in [0.2, 0.25) is 0 Å². The van der Waals surface area contributed by atoms with Crippen molar-refractivity contribution in [2.45, 2.75) is 6.42 Å². The maximum absolute atomic E-state index is 13.0. The predicted octanol–water partition coefficient (Wildman–Crippen LogP) is 3.03. The highest BCUT2D eigenvalue weighted by atomic mass is 19.1. The quantitative estimate of drug-likeness (QED) is 0.942. The number of anilines is 2. The van der Waals surface area contributed by atoms with Gasteiger partial charge >= 0.3 is 0 Å². The third kappa shape index (κ3) is 3.17. The summed E-state index contributed by atoms with van der Waals surface area (Å²) in [6.45, 7) is 2.67. The molecule has 2 heterocycles. The monoisotopic (exact) mass is 296 g/mol. The molecular formula is C17H17FN4. The van der Waals surface area contributed by atoms with Crippen LogP contribution in [0.25, 0.3) is 0 Å². The zero-order valence-electron chi connectivity index (χ0n) is 12.2. The molecule has 1 aliphatic rings. The molecule has 4 nitrogen and oxygen atoms in total. The van der Waals surface area contributed by atoms with Gasteiger partial charge in [-0.2, -0.15) is 5.26 Å². The molecule has 0 aliphatic carbocycles. The van der Waals surface area contributed by atoms with Crippen LogP contribution in [0.15, 0.2) is 42.6 Å². The Hall–Kier alpha value is -2.61. The van der Waals surface area contributed by atoms with Crippen molar-refractivity contribution in [1.29, 1.82) is 5.26 Å². The van der Waals surface area contributed by atoms with E-state index in [2.05, 4.69) is 21.3 Å². The van der Waals surface area contributed by atoms with Crippen LogP contribution in [0, 0.1) is 23.1 Å². The zero-order chi connectivity index (χ0) is 15.4. The van der Waals surface area contributed by atoms with Crippen LogP contribution in [0.3, 0.4) is 0 Å². The molecule has 1 aromatic heterocycles. The standard InChI is InChI=1S/C17H17FN4/c18-15-3-5-16(6-4-15)22-9-7-13(12-22)11-21-17-14(10-19)2-1-8-20-17/h1-6,8,13H,7,9,11-12H2,(H,20,21)/t13-/m0/s1. The van der Waals surface area contributed by atoms with Crippen LogP contribution in [0.5, 0.6) is 0 Å². The van der Waals surface area contributed by atoms with Gasteiger partial charge in [-0.1, -0.05) is 0 Å². The van der Waals surface area contributed by atoms with Crippen LogP contribution in [-0.4, -0.2) is 24.6 Å². The molecule has 1 N–H and O–H groups in total. The highest BCUT2D eigenvalue weighted by Gasteiger charge is 2.22. The number of benzene rings is 1. The molecule has 0 spiro atoms. The maximum Gasteiger partial charge on any atom is 0.143 e. The number of halogens is 1. The summed E-state index contributed by atoms with van der Waals surface area (Å²) in [6, 6.07) is 12.3. The number of hydrogen-bond acceptors (Lipinski definition) is 4. The summed E-state index contributed by atoms with van der Waals surface area (Å²) in [5.74, 6) is 0.921. The smallest absolute Gasteiger partial charge is 0.143 e. The molecule has 3 rings (SSSR count). The van der Waals surface area contributed by atoms with E-state index < -0.39 is 0 Å². The Labute approximate surface area is 129 Å². The highest BCUT2D eigenvalue weighted by Crippen LogP contribution is 2.24. The van der Waals surface area contributed by atoms with Crippen LogP contribution in [0.1, 0.15) is 12.0 Å². The lowest BCUT2D eigenvalue weighted by atomic mass is 10.1. The molecule has 0 bridgehead atoms. The molecule has 1 aromatic carbocycles. The molecule has 112 valence electrons. The first kappa shape index (κ1) is 14.3. The topological polar surface area (TPSA) is 52.0 Å². The number of aromatic nitrogens is 1. The first-order valence-corrected chi connectivity index (χ1v) is 7.36. The van der Waals surface area contributed by atoms with E-state index in [9.17, 15) is 4.39 Å². The van der Waals surface area contributed by atoms with Crippen molar-refractivity contribution in [2.24, 2.45) is 5.92 Å². The fourth-order valence-corrected chi connectivity index (χ4v) is 2.76. The van der Waals surface area contributed by atoms with Gasteiger partial charge in [-0.3, -0.25) is 0 Å². The second-order valence-corrected chi connectivity index (χ2v) is 5.47. The van der Waals surface area contributed by atoms with Gasteiger partial charge in [-0.25, -0.2) is 9.37 Å². The minimum absolute atomic E-state index is 0.208. The average Bonchev–Trinajstić information content (AvgIpc) is 3.03.